The van der Waals surface area contributed by atoms with Gasteiger partial charge in [0.2, 0.25) is 0 Å². The molecule has 0 bridgehead atoms. The van der Waals surface area contributed by atoms with Crippen molar-refractivity contribution in [2.24, 2.45) is 23.7 Å². The molecule has 0 saturated heterocycles. The van der Waals surface area contributed by atoms with E-state index < -0.39 is 12.0 Å². The van der Waals surface area contributed by atoms with E-state index in [4.69, 9.17) is 4.74 Å². The topological polar surface area (TPSA) is 37.9 Å². The Balaban J connectivity index is 1.27. The fourth-order valence-electron chi connectivity index (χ4n) is 5.63. The number of benzene rings is 1. The number of hydrogen-bond acceptors (Lipinski definition) is 2. The van der Waals surface area contributed by atoms with Crippen LogP contribution in [0.15, 0.2) is 36.7 Å². The van der Waals surface area contributed by atoms with Crippen LogP contribution in [0.2, 0.25) is 0 Å². The molecule has 4 rings (SSSR count). The summed E-state index contributed by atoms with van der Waals surface area (Å²) in [5.41, 5.74) is 0.852. The summed E-state index contributed by atoms with van der Waals surface area (Å²) in [5, 5.41) is 0. The van der Waals surface area contributed by atoms with Crippen molar-refractivity contribution in [3.05, 3.63) is 36.7 Å². The average molecular weight is 417 g/mol. The Morgan fingerprint density at radius 1 is 0.967 bits per heavy atom. The summed E-state index contributed by atoms with van der Waals surface area (Å²) in [4.78, 5) is 7.19. The Morgan fingerprint density at radius 2 is 1.60 bits per heavy atom. The van der Waals surface area contributed by atoms with Crippen molar-refractivity contribution in [2.75, 3.05) is 0 Å². The minimum atomic E-state index is -3.12. The number of nitrogens with zero attached hydrogens (tertiary/aromatic N) is 1. The van der Waals surface area contributed by atoms with Crippen LogP contribution in [0.3, 0.4) is 0 Å². The van der Waals surface area contributed by atoms with Crippen LogP contribution in [0, 0.1) is 23.7 Å². The smallest absolute Gasteiger partial charge is 0.400 e. The molecule has 1 N–H and O–H groups in total. The second-order valence-electron chi connectivity index (χ2n) is 9.31. The summed E-state index contributed by atoms with van der Waals surface area (Å²) < 4.78 is 34.8. The second-order valence-corrected chi connectivity index (χ2v) is 9.31. The van der Waals surface area contributed by atoms with E-state index in [0.717, 1.165) is 36.1 Å². The number of rotatable bonds is 7. The van der Waals surface area contributed by atoms with Crippen molar-refractivity contribution in [2.45, 2.75) is 77.2 Å². The highest BCUT2D eigenvalue weighted by Crippen LogP contribution is 2.46. The van der Waals surface area contributed by atoms with E-state index in [1.165, 1.54) is 38.5 Å². The van der Waals surface area contributed by atoms with Crippen molar-refractivity contribution in [1.82, 2.24) is 9.97 Å². The van der Waals surface area contributed by atoms with Gasteiger partial charge in [-0.2, -0.15) is 8.78 Å². The third kappa shape index (κ3) is 5.04. The molecular formula is C25H34F2N2O. The van der Waals surface area contributed by atoms with Crippen molar-refractivity contribution in [1.29, 1.82) is 0 Å². The van der Waals surface area contributed by atoms with Gasteiger partial charge in [0.1, 0.15) is 11.6 Å². The first-order valence-corrected chi connectivity index (χ1v) is 11.7. The van der Waals surface area contributed by atoms with Crippen LogP contribution in [0.25, 0.3) is 11.4 Å². The highest BCUT2D eigenvalue weighted by atomic mass is 19.3. The minimum Gasteiger partial charge on any atom is -0.432 e. The molecule has 0 amide bonds. The third-order valence-electron chi connectivity index (χ3n) is 7.38. The Hall–Kier alpha value is -1.91. The normalized spacial score (nSPS) is 27.7. The first kappa shape index (κ1) is 21.3. The van der Waals surface area contributed by atoms with E-state index in [9.17, 15) is 8.78 Å². The summed E-state index contributed by atoms with van der Waals surface area (Å²) in [6, 6.07) is 6.73. The molecule has 0 atom stereocenters. The minimum absolute atomic E-state index is 0.215. The van der Waals surface area contributed by atoms with E-state index in [-0.39, 0.29) is 5.75 Å². The van der Waals surface area contributed by atoms with E-state index in [0.29, 0.717) is 18.8 Å². The van der Waals surface area contributed by atoms with Crippen molar-refractivity contribution in [3.8, 4) is 17.1 Å². The monoisotopic (exact) mass is 416 g/mol. The quantitative estimate of drug-likeness (QED) is 0.508. The maximum atomic E-state index is 14.8. The van der Waals surface area contributed by atoms with Gasteiger partial charge in [-0.05, 0) is 80.5 Å². The number of nitrogens with one attached hydrogen (secondary N) is 1. The summed E-state index contributed by atoms with van der Waals surface area (Å²) in [7, 11) is 0. The lowest BCUT2D eigenvalue weighted by Crippen LogP contribution is -2.38. The van der Waals surface area contributed by atoms with Crippen LogP contribution < -0.4 is 4.74 Å². The second kappa shape index (κ2) is 9.49. The lowest BCUT2D eigenvalue weighted by molar-refractivity contribution is -0.224. The Kier molecular flexibility index (Phi) is 6.74. The fourth-order valence-corrected chi connectivity index (χ4v) is 5.63. The van der Waals surface area contributed by atoms with Gasteiger partial charge in [-0.3, -0.25) is 0 Å². The molecule has 2 saturated carbocycles. The largest absolute Gasteiger partial charge is 0.432 e. The van der Waals surface area contributed by atoms with Crippen LogP contribution in [0.5, 0.6) is 5.75 Å². The highest BCUT2D eigenvalue weighted by molar-refractivity contribution is 5.55. The Bertz CT molecular complexity index is 759. The molecule has 3 nitrogen and oxygen atoms in total. The van der Waals surface area contributed by atoms with Crippen molar-refractivity contribution in [3.63, 3.8) is 0 Å². The Labute approximate surface area is 178 Å². The maximum absolute atomic E-state index is 14.8. The molecule has 0 unspecified atom stereocenters. The molecule has 1 heterocycles. The summed E-state index contributed by atoms with van der Waals surface area (Å²) >= 11 is 0. The number of alkyl halides is 2. The lowest BCUT2D eigenvalue weighted by Gasteiger charge is -2.39. The molecule has 2 aromatic rings. The highest BCUT2D eigenvalue weighted by Gasteiger charge is 2.45. The first-order valence-electron chi connectivity index (χ1n) is 11.7. The standard InChI is InChI=1S/C25H34F2N2O/c1-2-3-18-4-6-19(7-5-18)20-8-12-22(13-9-20)25(26,27)30-23-14-10-21(11-15-23)24-28-16-17-29-24/h10-11,14-20,22H,2-9,12-13H2,1H3,(H,28,29). The zero-order valence-corrected chi connectivity index (χ0v) is 18.0. The van der Waals surface area contributed by atoms with Gasteiger partial charge < -0.3 is 9.72 Å². The molecule has 2 aliphatic rings. The molecule has 5 heteroatoms. The molecule has 1 aromatic heterocycles. The van der Waals surface area contributed by atoms with Gasteiger partial charge in [0.15, 0.2) is 0 Å². The average Bonchev–Trinajstić information content (AvgIpc) is 3.30. The summed E-state index contributed by atoms with van der Waals surface area (Å²) in [6.07, 6.45) is 11.2. The van der Waals surface area contributed by atoms with Gasteiger partial charge in [-0.25, -0.2) is 4.98 Å². The van der Waals surface area contributed by atoms with Gasteiger partial charge in [0.05, 0.1) is 5.92 Å². The van der Waals surface area contributed by atoms with Crippen LogP contribution >= 0.6 is 0 Å². The van der Waals surface area contributed by atoms with Crippen LogP contribution in [0.4, 0.5) is 8.78 Å². The molecule has 164 valence electrons. The number of ether oxygens (including phenoxy) is 1. The third-order valence-corrected chi connectivity index (χ3v) is 7.38. The van der Waals surface area contributed by atoms with E-state index >= 15 is 0 Å². The van der Waals surface area contributed by atoms with Crippen LogP contribution in [0.1, 0.15) is 71.1 Å². The molecule has 1 aromatic carbocycles. The predicted octanol–water partition coefficient (Wildman–Crippen LogP) is 7.46. The van der Waals surface area contributed by atoms with Crippen molar-refractivity contribution < 1.29 is 13.5 Å². The zero-order chi connectivity index (χ0) is 21.0. The summed E-state index contributed by atoms with van der Waals surface area (Å²) in [5.74, 6) is 2.53. The molecule has 0 aliphatic heterocycles. The van der Waals surface area contributed by atoms with E-state index in [1.54, 1.807) is 36.7 Å². The SMILES string of the molecule is CCCC1CCC(C2CCC(C(F)(F)Oc3ccc(-c4ncc[nH]4)cc3)CC2)CC1. The van der Waals surface area contributed by atoms with Gasteiger partial charge in [-0.15, -0.1) is 0 Å². The van der Waals surface area contributed by atoms with Gasteiger partial charge in [-0.1, -0.05) is 32.6 Å². The molecule has 2 aliphatic carbocycles. The molecule has 0 spiro atoms. The number of halogens is 2. The van der Waals surface area contributed by atoms with Gasteiger partial charge in [0.25, 0.3) is 0 Å². The number of aromatic amines is 1. The molecular weight excluding hydrogens is 382 g/mol. The van der Waals surface area contributed by atoms with Gasteiger partial charge in [0, 0.05) is 18.0 Å². The fraction of sp³-hybridized carbons (Fsp3) is 0.640. The van der Waals surface area contributed by atoms with Gasteiger partial charge >= 0.3 is 6.11 Å². The number of hydrogen-bond donors (Lipinski definition) is 1. The number of aromatic nitrogens is 2. The first-order chi connectivity index (χ1) is 14.5. The van der Waals surface area contributed by atoms with E-state index in [2.05, 4.69) is 16.9 Å². The predicted molar refractivity (Wildman–Crippen MR) is 115 cm³/mol. The number of imidazole rings is 1. The Morgan fingerprint density at radius 3 is 2.17 bits per heavy atom. The number of H-pyrrole nitrogens is 1. The van der Waals surface area contributed by atoms with Crippen molar-refractivity contribution >= 4 is 0 Å². The molecule has 0 radical (unpaired) electrons. The summed E-state index contributed by atoms with van der Waals surface area (Å²) in [6.45, 7) is 2.27. The zero-order valence-electron chi connectivity index (χ0n) is 18.0. The van der Waals surface area contributed by atoms with Crippen LogP contribution in [-0.2, 0) is 0 Å². The van der Waals surface area contributed by atoms with E-state index in [1.807, 2.05) is 0 Å². The maximum Gasteiger partial charge on any atom is 0.400 e. The molecule has 2 fully saturated rings. The molecule has 30 heavy (non-hydrogen) atoms. The lowest BCUT2D eigenvalue weighted by atomic mass is 9.68. The van der Waals surface area contributed by atoms with Crippen LogP contribution in [-0.4, -0.2) is 16.1 Å².